The average Bonchev–Trinajstić information content (AvgIpc) is 2.64. The number of phenolic OH excluding ortho intramolecular Hbond substituents is 3. The van der Waals surface area contributed by atoms with Crippen molar-refractivity contribution in [1.82, 2.24) is 0 Å². The quantitative estimate of drug-likeness (QED) is 0.436. The lowest BCUT2D eigenvalue weighted by molar-refractivity contribution is 0.0602. The molecule has 1 aliphatic rings. The largest absolute Gasteiger partial charge is 0.507 e. The van der Waals surface area contributed by atoms with Gasteiger partial charge in [0.25, 0.3) is 0 Å². The summed E-state index contributed by atoms with van der Waals surface area (Å²) in [5.41, 5.74) is -0.230. The maximum atomic E-state index is 13.0. The molecule has 140 valence electrons. The molecule has 7 heteroatoms. The Kier molecular flexibility index (Phi) is 3.64. The smallest absolute Gasteiger partial charge is 0.338 e. The molecule has 0 spiro atoms. The minimum Gasteiger partial charge on any atom is -0.507 e. The minimum absolute atomic E-state index is 0.00672. The van der Waals surface area contributed by atoms with Crippen LogP contribution in [0.15, 0.2) is 30.3 Å². The van der Waals surface area contributed by atoms with Gasteiger partial charge in [-0.15, -0.1) is 0 Å². The van der Waals surface area contributed by atoms with Gasteiger partial charge in [-0.3, -0.25) is 9.59 Å². The molecule has 0 amide bonds. The number of aromatic hydroxyl groups is 3. The Morgan fingerprint density at radius 2 is 1.64 bits per heavy atom. The van der Waals surface area contributed by atoms with Crippen LogP contribution in [0.5, 0.6) is 17.2 Å². The van der Waals surface area contributed by atoms with Crippen LogP contribution in [0.1, 0.15) is 47.8 Å². The molecule has 0 saturated carbocycles. The van der Waals surface area contributed by atoms with E-state index in [4.69, 9.17) is 4.74 Å². The molecule has 0 radical (unpaired) electrons. The molecule has 0 heterocycles. The van der Waals surface area contributed by atoms with Crippen molar-refractivity contribution in [3.8, 4) is 17.2 Å². The van der Waals surface area contributed by atoms with Gasteiger partial charge in [0.05, 0.1) is 29.2 Å². The summed E-state index contributed by atoms with van der Waals surface area (Å²) in [6.07, 6.45) is 0. The molecule has 0 bridgehead atoms. The standard InChI is InChI=1S/C21H14O7/c1-8-6-13(23)16-10(14(8)21(27)28-2)7-11-17(20(16)26)19(25)15-9(18(11)24)4-3-5-12(15)22/h3-7,22-23,26H,1-2H3. The zero-order valence-electron chi connectivity index (χ0n) is 14.9. The third-order valence-electron chi connectivity index (χ3n) is 4.95. The third-order valence-corrected chi connectivity index (χ3v) is 4.95. The van der Waals surface area contributed by atoms with Gasteiger partial charge in [0.1, 0.15) is 17.2 Å². The monoisotopic (exact) mass is 378 g/mol. The highest BCUT2D eigenvalue weighted by Crippen LogP contribution is 2.44. The predicted octanol–water partition coefficient (Wildman–Crippen LogP) is 2.83. The van der Waals surface area contributed by atoms with Gasteiger partial charge in [-0.1, -0.05) is 12.1 Å². The average molecular weight is 378 g/mol. The number of phenols is 3. The highest BCUT2D eigenvalue weighted by Gasteiger charge is 2.36. The summed E-state index contributed by atoms with van der Waals surface area (Å²) in [7, 11) is 1.19. The zero-order chi connectivity index (χ0) is 20.3. The first-order chi connectivity index (χ1) is 13.3. The van der Waals surface area contributed by atoms with E-state index < -0.39 is 23.3 Å². The summed E-state index contributed by atoms with van der Waals surface area (Å²) in [6.45, 7) is 1.57. The summed E-state index contributed by atoms with van der Waals surface area (Å²) < 4.78 is 4.78. The molecule has 0 aromatic heterocycles. The number of rotatable bonds is 1. The molecule has 0 unspecified atom stereocenters. The summed E-state index contributed by atoms with van der Waals surface area (Å²) in [4.78, 5) is 38.2. The van der Waals surface area contributed by atoms with Gasteiger partial charge in [-0.05, 0) is 30.7 Å². The summed E-state index contributed by atoms with van der Waals surface area (Å²) in [5.74, 6) is -3.43. The van der Waals surface area contributed by atoms with Crippen molar-refractivity contribution >= 4 is 28.3 Å². The number of esters is 1. The Labute approximate surface area is 158 Å². The van der Waals surface area contributed by atoms with Gasteiger partial charge in [0.2, 0.25) is 5.78 Å². The van der Waals surface area contributed by atoms with Crippen LogP contribution >= 0.6 is 0 Å². The van der Waals surface area contributed by atoms with E-state index in [9.17, 15) is 29.7 Å². The van der Waals surface area contributed by atoms with Crippen molar-refractivity contribution in [2.75, 3.05) is 7.11 Å². The van der Waals surface area contributed by atoms with Gasteiger partial charge >= 0.3 is 5.97 Å². The van der Waals surface area contributed by atoms with Gasteiger partial charge < -0.3 is 20.1 Å². The van der Waals surface area contributed by atoms with Crippen molar-refractivity contribution in [3.63, 3.8) is 0 Å². The number of aryl methyl sites for hydroxylation is 1. The maximum Gasteiger partial charge on any atom is 0.338 e. The van der Waals surface area contributed by atoms with E-state index in [-0.39, 0.29) is 50.1 Å². The fourth-order valence-corrected chi connectivity index (χ4v) is 3.71. The van der Waals surface area contributed by atoms with E-state index >= 15 is 0 Å². The Balaban J connectivity index is 2.17. The molecule has 28 heavy (non-hydrogen) atoms. The fourth-order valence-electron chi connectivity index (χ4n) is 3.71. The van der Waals surface area contributed by atoms with E-state index in [0.717, 1.165) is 0 Å². The zero-order valence-corrected chi connectivity index (χ0v) is 14.9. The number of benzene rings is 3. The molecule has 1 aliphatic carbocycles. The van der Waals surface area contributed by atoms with Gasteiger partial charge in [-0.25, -0.2) is 4.79 Å². The van der Waals surface area contributed by atoms with E-state index in [2.05, 4.69) is 0 Å². The number of methoxy groups -OCH3 is 1. The van der Waals surface area contributed by atoms with Crippen molar-refractivity contribution in [3.05, 3.63) is 63.7 Å². The van der Waals surface area contributed by atoms with E-state index in [1.165, 1.54) is 37.4 Å². The number of ketones is 2. The molecule has 3 N–H and O–H groups in total. The van der Waals surface area contributed by atoms with Crippen LogP contribution in [-0.4, -0.2) is 40.0 Å². The van der Waals surface area contributed by atoms with Crippen LogP contribution in [-0.2, 0) is 4.74 Å². The number of ether oxygens (including phenoxy) is 1. The molecular formula is C21H14O7. The van der Waals surface area contributed by atoms with Crippen LogP contribution in [0.3, 0.4) is 0 Å². The van der Waals surface area contributed by atoms with Crippen LogP contribution in [0.4, 0.5) is 0 Å². The number of carbonyl (C=O) groups excluding carboxylic acids is 3. The van der Waals surface area contributed by atoms with Crippen molar-refractivity contribution in [1.29, 1.82) is 0 Å². The second kappa shape index (κ2) is 5.82. The van der Waals surface area contributed by atoms with E-state index in [1.807, 2.05) is 0 Å². The first-order valence-corrected chi connectivity index (χ1v) is 8.29. The maximum absolute atomic E-state index is 13.0. The van der Waals surface area contributed by atoms with Crippen molar-refractivity contribution < 1.29 is 34.4 Å². The number of fused-ring (bicyclic) bond motifs is 3. The summed E-state index contributed by atoms with van der Waals surface area (Å²) in [5, 5.41) is 31.1. The molecule has 3 aromatic carbocycles. The van der Waals surface area contributed by atoms with Crippen molar-refractivity contribution in [2.24, 2.45) is 0 Å². The first kappa shape index (κ1) is 17.5. The molecule has 7 nitrogen and oxygen atoms in total. The van der Waals surface area contributed by atoms with E-state index in [0.29, 0.717) is 5.56 Å². The molecule has 0 aliphatic heterocycles. The van der Waals surface area contributed by atoms with Crippen LogP contribution in [0.25, 0.3) is 10.8 Å². The normalized spacial score (nSPS) is 12.6. The Hall–Kier alpha value is -3.87. The van der Waals surface area contributed by atoms with E-state index in [1.54, 1.807) is 6.92 Å². The molecule has 4 rings (SSSR count). The van der Waals surface area contributed by atoms with Crippen molar-refractivity contribution in [2.45, 2.75) is 6.92 Å². The molecule has 3 aromatic rings. The van der Waals surface area contributed by atoms with Crippen LogP contribution < -0.4 is 0 Å². The summed E-state index contributed by atoms with van der Waals surface area (Å²) in [6, 6.07) is 6.65. The van der Waals surface area contributed by atoms with Gasteiger partial charge in [0, 0.05) is 16.5 Å². The lowest BCUT2D eigenvalue weighted by atomic mass is 9.80. The lowest BCUT2D eigenvalue weighted by Crippen LogP contribution is -2.21. The first-order valence-electron chi connectivity index (χ1n) is 8.29. The van der Waals surface area contributed by atoms with Gasteiger partial charge in [0.15, 0.2) is 5.78 Å². The Bertz CT molecular complexity index is 1240. The van der Waals surface area contributed by atoms with Crippen LogP contribution in [0, 0.1) is 6.92 Å². The summed E-state index contributed by atoms with van der Waals surface area (Å²) >= 11 is 0. The number of carbonyl (C=O) groups is 3. The van der Waals surface area contributed by atoms with Crippen LogP contribution in [0.2, 0.25) is 0 Å². The second-order valence-electron chi connectivity index (χ2n) is 6.51. The minimum atomic E-state index is -0.748. The third kappa shape index (κ3) is 2.13. The fraction of sp³-hybridized carbons (Fsp3) is 0.0952. The molecule has 0 saturated heterocycles. The Morgan fingerprint density at radius 3 is 2.32 bits per heavy atom. The highest BCUT2D eigenvalue weighted by molar-refractivity contribution is 6.32. The molecular weight excluding hydrogens is 364 g/mol. The second-order valence-corrected chi connectivity index (χ2v) is 6.51. The van der Waals surface area contributed by atoms with Gasteiger partial charge in [-0.2, -0.15) is 0 Å². The Morgan fingerprint density at radius 1 is 0.929 bits per heavy atom. The highest BCUT2D eigenvalue weighted by atomic mass is 16.5. The lowest BCUT2D eigenvalue weighted by Gasteiger charge is -2.21. The molecule has 0 atom stereocenters. The number of hydrogen-bond donors (Lipinski definition) is 3. The molecule has 0 fully saturated rings. The number of hydrogen-bond acceptors (Lipinski definition) is 7. The SMILES string of the molecule is COC(=O)c1c(C)cc(O)c2c(O)c3c(cc12)C(=O)c1cccc(O)c1C3=O. The predicted molar refractivity (Wildman–Crippen MR) is 98.3 cm³/mol. The topological polar surface area (TPSA) is 121 Å².